The monoisotopic (exact) mass is 207 g/mol. The molecule has 0 aliphatic carbocycles. The van der Waals surface area contributed by atoms with Gasteiger partial charge in [0.25, 0.3) is 0 Å². The Hall–Kier alpha value is -1.64. The van der Waals surface area contributed by atoms with E-state index in [4.69, 9.17) is 9.47 Å². The fourth-order valence-corrected chi connectivity index (χ4v) is 1.06. The van der Waals surface area contributed by atoms with Crippen LogP contribution in [0.4, 0.5) is 5.69 Å². The topological polar surface area (TPSA) is 47.9 Å². The van der Waals surface area contributed by atoms with E-state index < -0.39 is 0 Å². The van der Waals surface area contributed by atoms with Crippen molar-refractivity contribution in [1.82, 2.24) is 0 Å². The molecular formula is C11H13NO3. The minimum atomic E-state index is 0.578. The van der Waals surface area contributed by atoms with Gasteiger partial charge in [0.1, 0.15) is 5.75 Å². The van der Waals surface area contributed by atoms with Crippen molar-refractivity contribution in [3.8, 4) is 5.75 Å². The number of methoxy groups -OCH3 is 1. The van der Waals surface area contributed by atoms with Crippen LogP contribution in [0, 0.1) is 0 Å². The van der Waals surface area contributed by atoms with Gasteiger partial charge in [0.05, 0.1) is 12.3 Å². The first-order valence-corrected chi connectivity index (χ1v) is 4.66. The molecule has 0 spiro atoms. The molecule has 0 bridgehead atoms. The standard InChI is InChI=1S/C11H13NO3/c1-14-7-2-8-15-11-5-3-10(4-6-11)12-9-13/h3-6H,2,7-8H2,1H3. The van der Waals surface area contributed by atoms with Gasteiger partial charge in [-0.05, 0) is 24.3 Å². The van der Waals surface area contributed by atoms with Crippen LogP contribution >= 0.6 is 0 Å². The zero-order valence-corrected chi connectivity index (χ0v) is 8.60. The molecule has 4 heteroatoms. The number of rotatable bonds is 6. The van der Waals surface area contributed by atoms with Crippen molar-refractivity contribution in [1.29, 1.82) is 0 Å². The molecule has 1 rings (SSSR count). The van der Waals surface area contributed by atoms with Crippen LogP contribution in [-0.2, 0) is 9.53 Å². The molecule has 1 aromatic carbocycles. The van der Waals surface area contributed by atoms with Crippen LogP contribution in [0.2, 0.25) is 0 Å². The highest BCUT2D eigenvalue weighted by atomic mass is 16.5. The summed E-state index contributed by atoms with van der Waals surface area (Å²) in [4.78, 5) is 13.4. The van der Waals surface area contributed by atoms with Crippen molar-refractivity contribution in [2.45, 2.75) is 6.42 Å². The van der Waals surface area contributed by atoms with E-state index in [0.29, 0.717) is 18.9 Å². The fourth-order valence-electron chi connectivity index (χ4n) is 1.06. The number of benzene rings is 1. The van der Waals surface area contributed by atoms with Crippen molar-refractivity contribution < 1.29 is 14.3 Å². The van der Waals surface area contributed by atoms with E-state index in [0.717, 1.165) is 12.2 Å². The number of hydrogen-bond donors (Lipinski definition) is 0. The highest BCUT2D eigenvalue weighted by Crippen LogP contribution is 2.17. The number of carbonyl (C=O) groups excluding carboxylic acids is 1. The lowest BCUT2D eigenvalue weighted by Crippen LogP contribution is -2.00. The fraction of sp³-hybridized carbons (Fsp3) is 0.364. The van der Waals surface area contributed by atoms with Crippen molar-refractivity contribution in [2.24, 2.45) is 4.99 Å². The third kappa shape index (κ3) is 4.40. The van der Waals surface area contributed by atoms with Crippen molar-refractivity contribution >= 4 is 11.8 Å². The van der Waals surface area contributed by atoms with Gasteiger partial charge in [0.2, 0.25) is 6.08 Å². The molecule has 0 amide bonds. The minimum Gasteiger partial charge on any atom is -0.494 e. The summed E-state index contributed by atoms with van der Waals surface area (Å²) in [6.07, 6.45) is 2.33. The number of ether oxygens (including phenoxy) is 2. The largest absolute Gasteiger partial charge is 0.494 e. The van der Waals surface area contributed by atoms with Crippen molar-refractivity contribution in [3.63, 3.8) is 0 Å². The van der Waals surface area contributed by atoms with Crippen LogP contribution < -0.4 is 4.74 Å². The first kappa shape index (κ1) is 11.4. The average Bonchev–Trinajstić information content (AvgIpc) is 2.27. The number of nitrogens with zero attached hydrogens (tertiary/aromatic N) is 1. The van der Waals surface area contributed by atoms with Crippen LogP contribution in [0.25, 0.3) is 0 Å². The van der Waals surface area contributed by atoms with Gasteiger partial charge in [0.15, 0.2) is 0 Å². The summed E-state index contributed by atoms with van der Waals surface area (Å²) in [6.45, 7) is 1.30. The molecule has 0 aliphatic heterocycles. The van der Waals surface area contributed by atoms with E-state index in [-0.39, 0.29) is 0 Å². The third-order valence-electron chi connectivity index (χ3n) is 1.77. The van der Waals surface area contributed by atoms with Crippen LogP contribution in [0.5, 0.6) is 5.75 Å². The molecule has 4 nitrogen and oxygen atoms in total. The summed E-state index contributed by atoms with van der Waals surface area (Å²) in [5.41, 5.74) is 0.578. The van der Waals surface area contributed by atoms with Crippen LogP contribution in [0.1, 0.15) is 6.42 Å². The van der Waals surface area contributed by atoms with Gasteiger partial charge >= 0.3 is 0 Å². The molecule has 0 saturated heterocycles. The van der Waals surface area contributed by atoms with Gasteiger partial charge in [-0.3, -0.25) is 0 Å². The first-order chi connectivity index (χ1) is 7.36. The van der Waals surface area contributed by atoms with E-state index in [1.165, 1.54) is 6.08 Å². The molecule has 0 aromatic heterocycles. The quantitative estimate of drug-likeness (QED) is 0.407. The maximum absolute atomic E-state index is 9.97. The summed E-state index contributed by atoms with van der Waals surface area (Å²) in [7, 11) is 1.66. The zero-order valence-electron chi connectivity index (χ0n) is 8.60. The molecule has 0 saturated carbocycles. The van der Waals surface area contributed by atoms with E-state index in [1.807, 2.05) is 0 Å². The van der Waals surface area contributed by atoms with Crippen molar-refractivity contribution in [3.05, 3.63) is 24.3 Å². The molecule has 80 valence electrons. The van der Waals surface area contributed by atoms with Gasteiger partial charge in [-0.2, -0.15) is 4.99 Å². The lowest BCUT2D eigenvalue weighted by molar-refractivity contribution is 0.172. The smallest absolute Gasteiger partial charge is 0.240 e. The Balaban J connectivity index is 2.39. The Morgan fingerprint density at radius 1 is 1.27 bits per heavy atom. The average molecular weight is 207 g/mol. The second-order valence-electron chi connectivity index (χ2n) is 2.89. The normalized spacial score (nSPS) is 9.40. The number of hydrogen-bond acceptors (Lipinski definition) is 4. The molecule has 0 unspecified atom stereocenters. The summed E-state index contributed by atoms with van der Waals surface area (Å²) in [5.74, 6) is 0.760. The Kier molecular flexibility index (Phi) is 5.15. The SMILES string of the molecule is COCCCOc1ccc(N=C=O)cc1. The lowest BCUT2D eigenvalue weighted by Gasteiger charge is -2.05. The maximum atomic E-state index is 9.97. The van der Waals surface area contributed by atoms with Gasteiger partial charge < -0.3 is 9.47 Å². The molecule has 1 aromatic rings. The lowest BCUT2D eigenvalue weighted by atomic mass is 10.3. The van der Waals surface area contributed by atoms with E-state index in [1.54, 1.807) is 31.4 Å². The number of aliphatic imine (C=N–C) groups is 1. The molecule has 0 atom stereocenters. The third-order valence-corrected chi connectivity index (χ3v) is 1.77. The highest BCUT2D eigenvalue weighted by Gasteiger charge is 1.94. The second-order valence-corrected chi connectivity index (χ2v) is 2.89. The molecule has 0 heterocycles. The number of isocyanates is 1. The van der Waals surface area contributed by atoms with Crippen LogP contribution in [-0.4, -0.2) is 26.4 Å². The minimum absolute atomic E-state index is 0.578. The predicted octanol–water partition coefficient (Wildman–Crippen LogP) is 2.07. The summed E-state index contributed by atoms with van der Waals surface area (Å²) < 4.78 is 10.3. The van der Waals surface area contributed by atoms with E-state index >= 15 is 0 Å². The second kappa shape index (κ2) is 6.76. The van der Waals surface area contributed by atoms with Crippen LogP contribution in [0.3, 0.4) is 0 Å². The van der Waals surface area contributed by atoms with Gasteiger partial charge in [-0.1, -0.05) is 0 Å². The predicted molar refractivity (Wildman–Crippen MR) is 56.2 cm³/mol. The molecule has 15 heavy (non-hydrogen) atoms. The molecule has 0 N–H and O–H groups in total. The highest BCUT2D eigenvalue weighted by molar-refractivity contribution is 5.49. The summed E-state index contributed by atoms with van der Waals surface area (Å²) >= 11 is 0. The van der Waals surface area contributed by atoms with Gasteiger partial charge in [-0.25, -0.2) is 4.79 Å². The zero-order chi connectivity index (χ0) is 10.9. The van der Waals surface area contributed by atoms with Gasteiger partial charge in [-0.15, -0.1) is 0 Å². The van der Waals surface area contributed by atoms with Crippen molar-refractivity contribution in [2.75, 3.05) is 20.3 Å². The van der Waals surface area contributed by atoms with E-state index in [2.05, 4.69) is 4.99 Å². The Morgan fingerprint density at radius 2 is 2.00 bits per heavy atom. The Morgan fingerprint density at radius 3 is 2.60 bits per heavy atom. The van der Waals surface area contributed by atoms with E-state index in [9.17, 15) is 4.79 Å². The maximum Gasteiger partial charge on any atom is 0.240 e. The first-order valence-electron chi connectivity index (χ1n) is 4.66. The molecule has 0 radical (unpaired) electrons. The van der Waals surface area contributed by atoms with Gasteiger partial charge in [0, 0.05) is 20.1 Å². The Bertz CT molecular complexity index is 328. The Labute approximate surface area is 88.5 Å². The summed E-state index contributed by atoms with van der Waals surface area (Å²) in [6, 6.07) is 6.94. The summed E-state index contributed by atoms with van der Waals surface area (Å²) in [5, 5.41) is 0. The van der Waals surface area contributed by atoms with Crippen LogP contribution in [0.15, 0.2) is 29.3 Å². The molecule has 0 fully saturated rings. The molecule has 0 aliphatic rings. The molecular weight excluding hydrogens is 194 g/mol.